The van der Waals surface area contributed by atoms with Gasteiger partial charge in [0.05, 0.1) is 5.56 Å². The molecule has 0 atom stereocenters. The number of carbonyl (C=O) groups is 2. The standard InChI is InChI=1S/C22H23N5O4/c1-15-13-19(16(2)30-15)20(28)26-9-11-27(12-10-26)22(29)25-17-5-3-6-18(14-17)31-21-23-7-4-8-24-21/h3-8,13-14H,9-12H2,1-2H3,(H,25,29). The highest BCUT2D eigenvalue weighted by molar-refractivity contribution is 5.95. The van der Waals surface area contributed by atoms with Crippen molar-refractivity contribution in [3.63, 3.8) is 0 Å². The molecule has 1 N–H and O–H groups in total. The van der Waals surface area contributed by atoms with E-state index in [4.69, 9.17) is 9.15 Å². The fourth-order valence-electron chi connectivity index (χ4n) is 3.41. The van der Waals surface area contributed by atoms with Crippen molar-refractivity contribution in [2.75, 3.05) is 31.5 Å². The first-order valence-electron chi connectivity index (χ1n) is 9.97. The number of nitrogens with zero attached hydrogens (tertiary/aromatic N) is 4. The lowest BCUT2D eigenvalue weighted by molar-refractivity contribution is 0.0670. The van der Waals surface area contributed by atoms with Crippen LogP contribution in [0.5, 0.6) is 11.8 Å². The molecule has 3 amide bonds. The molecule has 0 aliphatic carbocycles. The summed E-state index contributed by atoms with van der Waals surface area (Å²) in [6, 6.07) is 10.5. The first-order chi connectivity index (χ1) is 15.0. The Morgan fingerprint density at radius 1 is 1.00 bits per heavy atom. The minimum Gasteiger partial charge on any atom is -0.466 e. The van der Waals surface area contributed by atoms with Crippen LogP contribution in [0.4, 0.5) is 10.5 Å². The lowest BCUT2D eigenvalue weighted by Crippen LogP contribution is -2.51. The molecule has 0 saturated carbocycles. The number of aryl methyl sites for hydroxylation is 2. The number of amides is 3. The van der Waals surface area contributed by atoms with Crippen LogP contribution in [-0.2, 0) is 0 Å². The molecule has 2 aromatic heterocycles. The summed E-state index contributed by atoms with van der Waals surface area (Å²) in [5.74, 6) is 1.78. The monoisotopic (exact) mass is 421 g/mol. The van der Waals surface area contributed by atoms with Crippen molar-refractivity contribution in [1.29, 1.82) is 0 Å². The summed E-state index contributed by atoms with van der Waals surface area (Å²) in [6.07, 6.45) is 3.18. The highest BCUT2D eigenvalue weighted by Crippen LogP contribution is 2.22. The smallest absolute Gasteiger partial charge is 0.321 e. The molecule has 0 spiro atoms. The number of urea groups is 1. The van der Waals surface area contributed by atoms with E-state index in [1.807, 2.05) is 6.92 Å². The van der Waals surface area contributed by atoms with Gasteiger partial charge < -0.3 is 24.3 Å². The molecule has 4 rings (SSSR count). The number of hydrogen-bond acceptors (Lipinski definition) is 6. The van der Waals surface area contributed by atoms with Gasteiger partial charge in [-0.25, -0.2) is 14.8 Å². The number of anilines is 1. The molecule has 0 radical (unpaired) electrons. The van der Waals surface area contributed by atoms with Crippen molar-refractivity contribution in [2.24, 2.45) is 0 Å². The number of furan rings is 1. The predicted molar refractivity (Wildman–Crippen MR) is 113 cm³/mol. The minimum atomic E-state index is -0.226. The first kappa shape index (κ1) is 20.4. The Hall–Kier alpha value is -3.88. The maximum atomic E-state index is 12.7. The highest BCUT2D eigenvalue weighted by Gasteiger charge is 2.26. The normalized spacial score (nSPS) is 13.7. The van der Waals surface area contributed by atoms with Gasteiger partial charge in [-0.05, 0) is 38.1 Å². The summed E-state index contributed by atoms with van der Waals surface area (Å²) in [5.41, 5.74) is 1.18. The topological polar surface area (TPSA) is 101 Å². The summed E-state index contributed by atoms with van der Waals surface area (Å²) in [7, 11) is 0. The van der Waals surface area contributed by atoms with Crippen molar-refractivity contribution in [3.8, 4) is 11.8 Å². The Morgan fingerprint density at radius 2 is 1.71 bits per heavy atom. The molecule has 160 valence electrons. The van der Waals surface area contributed by atoms with Crippen LogP contribution in [0, 0.1) is 13.8 Å². The van der Waals surface area contributed by atoms with E-state index < -0.39 is 0 Å². The first-order valence-corrected chi connectivity index (χ1v) is 9.97. The van der Waals surface area contributed by atoms with Gasteiger partial charge >= 0.3 is 12.0 Å². The average Bonchev–Trinajstić information content (AvgIpc) is 3.12. The van der Waals surface area contributed by atoms with Gasteiger partial charge in [-0.15, -0.1) is 0 Å². The van der Waals surface area contributed by atoms with Crippen LogP contribution in [0.1, 0.15) is 21.9 Å². The largest absolute Gasteiger partial charge is 0.466 e. The van der Waals surface area contributed by atoms with Crippen molar-refractivity contribution >= 4 is 17.6 Å². The zero-order valence-corrected chi connectivity index (χ0v) is 17.4. The molecule has 3 aromatic rings. The van der Waals surface area contributed by atoms with Crippen LogP contribution in [-0.4, -0.2) is 57.9 Å². The maximum absolute atomic E-state index is 12.7. The third-order valence-electron chi connectivity index (χ3n) is 4.96. The summed E-state index contributed by atoms with van der Waals surface area (Å²) < 4.78 is 11.1. The van der Waals surface area contributed by atoms with E-state index in [1.165, 1.54) is 0 Å². The second kappa shape index (κ2) is 8.86. The van der Waals surface area contributed by atoms with Crippen LogP contribution < -0.4 is 10.1 Å². The Morgan fingerprint density at radius 3 is 2.39 bits per heavy atom. The number of rotatable bonds is 4. The van der Waals surface area contributed by atoms with Crippen LogP contribution in [0.15, 0.2) is 53.2 Å². The predicted octanol–water partition coefficient (Wildman–Crippen LogP) is 3.47. The second-order valence-electron chi connectivity index (χ2n) is 7.20. The Balaban J connectivity index is 1.32. The van der Waals surface area contributed by atoms with Crippen LogP contribution in [0.25, 0.3) is 0 Å². The van der Waals surface area contributed by atoms with E-state index in [2.05, 4.69) is 15.3 Å². The van der Waals surface area contributed by atoms with Gasteiger partial charge in [0.2, 0.25) is 0 Å². The number of ether oxygens (including phenoxy) is 1. The third kappa shape index (κ3) is 4.82. The summed E-state index contributed by atoms with van der Waals surface area (Å²) in [6.45, 7) is 5.42. The molecule has 1 aliphatic heterocycles. The summed E-state index contributed by atoms with van der Waals surface area (Å²) in [4.78, 5) is 36.9. The summed E-state index contributed by atoms with van der Waals surface area (Å²) in [5, 5.41) is 2.87. The molecule has 1 aliphatic rings. The van der Waals surface area contributed by atoms with E-state index in [0.29, 0.717) is 54.7 Å². The fraction of sp³-hybridized carbons (Fsp3) is 0.273. The highest BCUT2D eigenvalue weighted by atomic mass is 16.5. The van der Waals surface area contributed by atoms with Crippen molar-refractivity contribution < 1.29 is 18.7 Å². The number of carbonyl (C=O) groups excluding carboxylic acids is 2. The number of nitrogens with one attached hydrogen (secondary N) is 1. The van der Waals surface area contributed by atoms with E-state index in [-0.39, 0.29) is 17.9 Å². The van der Waals surface area contributed by atoms with Crippen molar-refractivity contribution in [3.05, 3.63) is 65.9 Å². The zero-order valence-electron chi connectivity index (χ0n) is 17.4. The molecule has 9 heteroatoms. The number of piperazine rings is 1. The molecule has 0 bridgehead atoms. The Bertz CT molecular complexity index is 1070. The lowest BCUT2D eigenvalue weighted by Gasteiger charge is -2.34. The SMILES string of the molecule is Cc1cc(C(=O)N2CCN(C(=O)Nc3cccc(Oc4ncccn4)c3)CC2)c(C)o1. The molecule has 31 heavy (non-hydrogen) atoms. The average molecular weight is 421 g/mol. The zero-order chi connectivity index (χ0) is 21.8. The molecule has 0 unspecified atom stereocenters. The van der Waals surface area contributed by atoms with E-state index in [0.717, 1.165) is 0 Å². The van der Waals surface area contributed by atoms with Gasteiger partial charge in [-0.1, -0.05) is 6.07 Å². The molecular weight excluding hydrogens is 398 g/mol. The van der Waals surface area contributed by atoms with E-state index in [1.54, 1.807) is 65.5 Å². The molecule has 1 saturated heterocycles. The fourth-order valence-corrected chi connectivity index (χ4v) is 3.41. The number of aromatic nitrogens is 2. The number of benzene rings is 1. The van der Waals surface area contributed by atoms with Gasteiger partial charge in [-0.3, -0.25) is 4.79 Å². The van der Waals surface area contributed by atoms with Crippen LogP contribution >= 0.6 is 0 Å². The van der Waals surface area contributed by atoms with Gasteiger partial charge in [0.25, 0.3) is 5.91 Å². The van der Waals surface area contributed by atoms with Gasteiger partial charge in [0.1, 0.15) is 17.3 Å². The van der Waals surface area contributed by atoms with Crippen LogP contribution in [0.2, 0.25) is 0 Å². The van der Waals surface area contributed by atoms with Gasteiger partial charge in [-0.2, -0.15) is 0 Å². The minimum absolute atomic E-state index is 0.0672. The van der Waals surface area contributed by atoms with E-state index >= 15 is 0 Å². The van der Waals surface area contributed by atoms with Gasteiger partial charge in [0.15, 0.2) is 0 Å². The number of hydrogen-bond donors (Lipinski definition) is 1. The Labute approximate surface area is 179 Å². The van der Waals surface area contributed by atoms with Gasteiger partial charge in [0, 0.05) is 50.3 Å². The molecule has 3 heterocycles. The third-order valence-corrected chi connectivity index (χ3v) is 4.96. The quantitative estimate of drug-likeness (QED) is 0.692. The lowest BCUT2D eigenvalue weighted by atomic mass is 10.2. The van der Waals surface area contributed by atoms with Crippen molar-refractivity contribution in [2.45, 2.75) is 13.8 Å². The van der Waals surface area contributed by atoms with Crippen molar-refractivity contribution in [1.82, 2.24) is 19.8 Å². The van der Waals surface area contributed by atoms with Crippen LogP contribution in [0.3, 0.4) is 0 Å². The molecule has 9 nitrogen and oxygen atoms in total. The maximum Gasteiger partial charge on any atom is 0.321 e. The Kier molecular flexibility index (Phi) is 5.83. The molecule has 1 fully saturated rings. The van der Waals surface area contributed by atoms with E-state index in [9.17, 15) is 9.59 Å². The summed E-state index contributed by atoms with van der Waals surface area (Å²) >= 11 is 0. The molecule has 1 aromatic carbocycles. The molecular formula is C22H23N5O4. The second-order valence-corrected chi connectivity index (χ2v) is 7.20.